The number of nitrogens with zero attached hydrogens (tertiary/aromatic N) is 1. The lowest BCUT2D eigenvalue weighted by molar-refractivity contribution is -0.146. The Kier molecular flexibility index (Phi) is 3.27. The minimum atomic E-state index is -0.538. The monoisotopic (exact) mass is 231 g/mol. The number of rotatable bonds is 4. The second-order valence-corrected chi connectivity index (χ2v) is 4.24. The molecule has 1 aliphatic carbocycles. The van der Waals surface area contributed by atoms with Crippen molar-refractivity contribution >= 4 is 5.97 Å². The highest BCUT2D eigenvalue weighted by atomic mass is 16.5. The maximum Gasteiger partial charge on any atom is 0.318 e. The van der Waals surface area contributed by atoms with Crippen molar-refractivity contribution in [2.45, 2.75) is 25.7 Å². The summed E-state index contributed by atoms with van der Waals surface area (Å²) in [5.74, 6) is 0.0725. The first-order valence-electron chi connectivity index (χ1n) is 5.97. The van der Waals surface area contributed by atoms with Crippen LogP contribution < -0.4 is 0 Å². The molecule has 0 radical (unpaired) electrons. The molecule has 1 aromatic heterocycles. The zero-order valence-corrected chi connectivity index (χ0v) is 10.2. The standard InChI is InChI=1S/C14H17NO2/c1-3-7-11-10-14(11,13(16)17-4-2)12-8-5-6-9-15-12/h3,5-9,11H,4,10H2,1-2H3/b7-3+. The zero-order chi connectivity index (χ0) is 12.3. The maximum absolute atomic E-state index is 12.1. The van der Waals surface area contributed by atoms with E-state index in [1.807, 2.05) is 38.1 Å². The van der Waals surface area contributed by atoms with Crippen molar-refractivity contribution in [1.82, 2.24) is 4.98 Å². The largest absolute Gasteiger partial charge is 0.465 e. The van der Waals surface area contributed by atoms with E-state index >= 15 is 0 Å². The number of carbonyl (C=O) groups is 1. The molecular formula is C14H17NO2. The van der Waals surface area contributed by atoms with Crippen LogP contribution in [0.5, 0.6) is 0 Å². The molecule has 0 saturated heterocycles. The summed E-state index contributed by atoms with van der Waals surface area (Å²) in [5.41, 5.74) is 0.283. The molecule has 2 rings (SSSR count). The third-order valence-electron chi connectivity index (χ3n) is 3.20. The van der Waals surface area contributed by atoms with Crippen molar-refractivity contribution in [3.8, 4) is 0 Å². The maximum atomic E-state index is 12.1. The summed E-state index contributed by atoms with van der Waals surface area (Å²) < 4.78 is 5.19. The van der Waals surface area contributed by atoms with Gasteiger partial charge < -0.3 is 4.74 Å². The van der Waals surface area contributed by atoms with Gasteiger partial charge in [-0.3, -0.25) is 9.78 Å². The van der Waals surface area contributed by atoms with Gasteiger partial charge >= 0.3 is 5.97 Å². The molecule has 3 nitrogen and oxygen atoms in total. The molecule has 1 aromatic rings. The van der Waals surface area contributed by atoms with Gasteiger partial charge in [0, 0.05) is 12.1 Å². The van der Waals surface area contributed by atoms with Crippen LogP contribution in [0.4, 0.5) is 0 Å². The fourth-order valence-electron chi connectivity index (χ4n) is 2.27. The van der Waals surface area contributed by atoms with Gasteiger partial charge in [0.25, 0.3) is 0 Å². The van der Waals surface area contributed by atoms with Crippen LogP contribution in [0.3, 0.4) is 0 Å². The molecule has 2 unspecified atom stereocenters. The fraction of sp³-hybridized carbons (Fsp3) is 0.429. The quantitative estimate of drug-likeness (QED) is 0.590. The lowest BCUT2D eigenvalue weighted by Gasteiger charge is -2.14. The number of aromatic nitrogens is 1. The SMILES string of the molecule is C/C=C/C1CC1(C(=O)OCC)c1ccccn1. The molecule has 3 heteroatoms. The smallest absolute Gasteiger partial charge is 0.318 e. The number of pyridine rings is 1. The minimum Gasteiger partial charge on any atom is -0.465 e. The van der Waals surface area contributed by atoms with Crippen molar-refractivity contribution in [3.63, 3.8) is 0 Å². The lowest BCUT2D eigenvalue weighted by atomic mass is 9.98. The predicted octanol–water partition coefficient (Wildman–Crippen LogP) is 2.48. The Morgan fingerprint density at radius 2 is 2.47 bits per heavy atom. The molecule has 0 N–H and O–H groups in total. The van der Waals surface area contributed by atoms with Gasteiger partial charge in [0.05, 0.1) is 12.3 Å². The summed E-state index contributed by atoms with van der Waals surface area (Å²) in [5, 5.41) is 0. The summed E-state index contributed by atoms with van der Waals surface area (Å²) in [6.45, 7) is 4.21. The molecule has 0 amide bonds. The summed E-state index contributed by atoms with van der Waals surface area (Å²) in [6, 6.07) is 5.67. The van der Waals surface area contributed by atoms with E-state index in [0.717, 1.165) is 12.1 Å². The van der Waals surface area contributed by atoms with Gasteiger partial charge in [0.2, 0.25) is 0 Å². The van der Waals surface area contributed by atoms with Crippen LogP contribution >= 0.6 is 0 Å². The number of ether oxygens (including phenoxy) is 1. The summed E-state index contributed by atoms with van der Waals surface area (Å²) in [4.78, 5) is 16.4. The van der Waals surface area contributed by atoms with Crippen molar-refractivity contribution < 1.29 is 9.53 Å². The molecule has 0 aliphatic heterocycles. The molecule has 17 heavy (non-hydrogen) atoms. The van der Waals surface area contributed by atoms with Crippen LogP contribution in [0.2, 0.25) is 0 Å². The van der Waals surface area contributed by atoms with Crippen molar-refractivity contribution in [2.24, 2.45) is 5.92 Å². The van der Waals surface area contributed by atoms with Gasteiger partial charge in [-0.1, -0.05) is 18.2 Å². The number of allylic oxidation sites excluding steroid dienone is 2. The highest BCUT2D eigenvalue weighted by molar-refractivity contribution is 5.87. The van der Waals surface area contributed by atoms with E-state index in [0.29, 0.717) is 6.61 Å². The molecule has 90 valence electrons. The number of hydrogen-bond acceptors (Lipinski definition) is 3. The van der Waals surface area contributed by atoms with Crippen molar-refractivity contribution in [3.05, 3.63) is 42.2 Å². The van der Waals surface area contributed by atoms with Gasteiger partial charge in [0.15, 0.2) is 0 Å². The van der Waals surface area contributed by atoms with E-state index in [1.165, 1.54) is 0 Å². The van der Waals surface area contributed by atoms with Crippen LogP contribution in [0.15, 0.2) is 36.5 Å². The summed E-state index contributed by atoms with van der Waals surface area (Å²) >= 11 is 0. The molecule has 1 fully saturated rings. The second-order valence-electron chi connectivity index (χ2n) is 4.24. The van der Waals surface area contributed by atoms with Crippen LogP contribution in [-0.2, 0) is 14.9 Å². The molecule has 0 bridgehead atoms. The van der Waals surface area contributed by atoms with E-state index in [4.69, 9.17) is 4.74 Å². The Morgan fingerprint density at radius 1 is 1.65 bits per heavy atom. The van der Waals surface area contributed by atoms with Crippen LogP contribution in [-0.4, -0.2) is 17.6 Å². The third-order valence-corrected chi connectivity index (χ3v) is 3.20. The van der Waals surface area contributed by atoms with Gasteiger partial charge in [0.1, 0.15) is 5.41 Å². The van der Waals surface area contributed by atoms with Crippen molar-refractivity contribution in [2.75, 3.05) is 6.61 Å². The van der Waals surface area contributed by atoms with E-state index in [1.54, 1.807) is 6.20 Å². The average molecular weight is 231 g/mol. The van der Waals surface area contributed by atoms with Crippen LogP contribution in [0, 0.1) is 5.92 Å². The van der Waals surface area contributed by atoms with Gasteiger partial charge in [-0.15, -0.1) is 0 Å². The van der Waals surface area contributed by atoms with Gasteiger partial charge in [-0.25, -0.2) is 0 Å². The molecule has 0 aromatic carbocycles. The highest BCUT2D eigenvalue weighted by Crippen LogP contribution is 2.55. The Morgan fingerprint density at radius 3 is 3.06 bits per heavy atom. The number of carbonyl (C=O) groups excluding carboxylic acids is 1. The summed E-state index contributed by atoms with van der Waals surface area (Å²) in [7, 11) is 0. The van der Waals surface area contributed by atoms with E-state index in [-0.39, 0.29) is 11.9 Å². The fourth-order valence-corrected chi connectivity index (χ4v) is 2.27. The average Bonchev–Trinajstić information content (AvgIpc) is 3.07. The third kappa shape index (κ3) is 1.97. The van der Waals surface area contributed by atoms with Gasteiger partial charge in [-0.05, 0) is 32.4 Å². The Balaban J connectivity index is 2.31. The Labute approximate surface area is 102 Å². The van der Waals surface area contributed by atoms with E-state index in [9.17, 15) is 4.79 Å². The first kappa shape index (κ1) is 11.8. The molecular weight excluding hydrogens is 214 g/mol. The van der Waals surface area contributed by atoms with E-state index in [2.05, 4.69) is 11.1 Å². The highest BCUT2D eigenvalue weighted by Gasteiger charge is 2.62. The lowest BCUT2D eigenvalue weighted by Crippen LogP contribution is -2.26. The topological polar surface area (TPSA) is 39.2 Å². The first-order chi connectivity index (χ1) is 8.25. The molecule has 1 heterocycles. The Bertz CT molecular complexity index is 427. The normalized spacial score (nSPS) is 27.1. The molecule has 0 spiro atoms. The van der Waals surface area contributed by atoms with E-state index < -0.39 is 5.41 Å². The van der Waals surface area contributed by atoms with Crippen LogP contribution in [0.1, 0.15) is 26.0 Å². The Hall–Kier alpha value is -1.64. The zero-order valence-electron chi connectivity index (χ0n) is 10.2. The van der Waals surface area contributed by atoms with Gasteiger partial charge in [-0.2, -0.15) is 0 Å². The molecule has 2 atom stereocenters. The molecule has 1 aliphatic rings. The van der Waals surface area contributed by atoms with Crippen LogP contribution in [0.25, 0.3) is 0 Å². The summed E-state index contributed by atoms with van der Waals surface area (Å²) in [6.07, 6.45) is 6.56. The van der Waals surface area contributed by atoms with Crippen molar-refractivity contribution in [1.29, 1.82) is 0 Å². The number of hydrogen-bond donors (Lipinski definition) is 0. The second kappa shape index (κ2) is 4.70. The first-order valence-corrected chi connectivity index (χ1v) is 5.97. The number of esters is 1. The molecule has 1 saturated carbocycles. The predicted molar refractivity (Wildman–Crippen MR) is 65.5 cm³/mol. The minimum absolute atomic E-state index is 0.151.